The lowest BCUT2D eigenvalue weighted by Gasteiger charge is -2.51. The van der Waals surface area contributed by atoms with E-state index >= 15 is 0 Å². The van der Waals surface area contributed by atoms with E-state index in [1.165, 1.54) is 44.9 Å². The Morgan fingerprint density at radius 2 is 1.15 bits per heavy atom. The highest BCUT2D eigenvalue weighted by atomic mass is 35.5. The van der Waals surface area contributed by atoms with Crippen LogP contribution in [0.25, 0.3) is 0 Å². The van der Waals surface area contributed by atoms with Crippen molar-refractivity contribution >= 4 is 18.3 Å². The lowest BCUT2D eigenvalue weighted by Crippen LogP contribution is -2.66. The standard InChI is InChI=1S/C22H40N2O2.ClH/c1-19(2)16-22(17-20(3,4)24-19)23-18(25)21(26-22)14-12-10-8-6-5-7-9-11-13-15-21;/h24H,5-17H2,1-4H3,(H,23,25);1H. The molecule has 3 fully saturated rings. The number of piperidine rings is 1. The van der Waals surface area contributed by atoms with Crippen LogP contribution >= 0.6 is 12.4 Å². The summed E-state index contributed by atoms with van der Waals surface area (Å²) in [4.78, 5) is 13.2. The highest BCUT2D eigenvalue weighted by Gasteiger charge is 2.59. The predicted molar refractivity (Wildman–Crippen MR) is 113 cm³/mol. The molecule has 0 aromatic rings. The molecule has 0 atom stereocenters. The van der Waals surface area contributed by atoms with Gasteiger partial charge in [-0.15, -0.1) is 12.4 Å². The molecule has 0 aromatic carbocycles. The lowest BCUT2D eigenvalue weighted by molar-refractivity contribution is -0.163. The van der Waals surface area contributed by atoms with Crippen molar-refractivity contribution in [2.24, 2.45) is 0 Å². The SMILES string of the molecule is CC1(C)CC2(CC(C)(C)N1)NC(=O)C1(CCCCCCCCCCC1)O2.Cl. The molecule has 1 aliphatic carbocycles. The summed E-state index contributed by atoms with van der Waals surface area (Å²) in [5, 5.41) is 7.07. The zero-order valence-corrected chi connectivity index (χ0v) is 18.7. The van der Waals surface area contributed by atoms with Crippen molar-refractivity contribution in [3.63, 3.8) is 0 Å². The summed E-state index contributed by atoms with van der Waals surface area (Å²) in [6.07, 6.45) is 14.8. The van der Waals surface area contributed by atoms with Gasteiger partial charge in [-0.3, -0.25) is 4.79 Å². The Bertz CT molecular complexity index is 490. The number of hydrogen-bond donors (Lipinski definition) is 2. The van der Waals surface area contributed by atoms with Gasteiger partial charge in [0.15, 0.2) is 0 Å². The molecule has 3 rings (SSSR count). The molecule has 4 nitrogen and oxygen atoms in total. The first kappa shape index (κ1) is 23.0. The van der Waals surface area contributed by atoms with Crippen molar-refractivity contribution in [1.82, 2.24) is 10.6 Å². The number of carbonyl (C=O) groups excluding carboxylic acids is 1. The van der Waals surface area contributed by atoms with Gasteiger partial charge in [-0.25, -0.2) is 0 Å². The molecule has 0 bridgehead atoms. The molecule has 2 aliphatic heterocycles. The maximum Gasteiger partial charge on any atom is 0.254 e. The Morgan fingerprint density at radius 3 is 1.59 bits per heavy atom. The third-order valence-electron chi connectivity index (χ3n) is 6.44. The van der Waals surface area contributed by atoms with E-state index in [0.717, 1.165) is 38.5 Å². The monoisotopic (exact) mass is 400 g/mol. The van der Waals surface area contributed by atoms with Gasteiger partial charge in [0.2, 0.25) is 0 Å². The molecule has 0 unspecified atom stereocenters. The third-order valence-corrected chi connectivity index (χ3v) is 6.44. The highest BCUT2D eigenvalue weighted by Crippen LogP contribution is 2.46. The van der Waals surface area contributed by atoms with Crippen LogP contribution in [0.4, 0.5) is 0 Å². The Kier molecular flexibility index (Phi) is 7.30. The van der Waals surface area contributed by atoms with E-state index in [1.54, 1.807) is 0 Å². The Hall–Kier alpha value is -0.320. The Morgan fingerprint density at radius 1 is 0.741 bits per heavy atom. The van der Waals surface area contributed by atoms with E-state index in [1.807, 2.05) is 0 Å². The number of halogens is 1. The molecule has 3 aliphatic rings. The minimum atomic E-state index is -0.595. The van der Waals surface area contributed by atoms with Gasteiger partial charge >= 0.3 is 0 Å². The molecule has 5 heteroatoms. The molecule has 2 spiro atoms. The molecular formula is C22H41ClN2O2. The highest BCUT2D eigenvalue weighted by molar-refractivity contribution is 5.87. The van der Waals surface area contributed by atoms with Gasteiger partial charge in [0, 0.05) is 23.9 Å². The topological polar surface area (TPSA) is 50.4 Å². The lowest BCUT2D eigenvalue weighted by atomic mass is 9.77. The summed E-state index contributed by atoms with van der Waals surface area (Å²) >= 11 is 0. The van der Waals surface area contributed by atoms with Crippen LogP contribution in [0, 0.1) is 0 Å². The van der Waals surface area contributed by atoms with Crippen LogP contribution in [-0.2, 0) is 9.53 Å². The van der Waals surface area contributed by atoms with Gasteiger partial charge in [-0.05, 0) is 40.5 Å². The zero-order chi connectivity index (χ0) is 18.9. The fourth-order valence-corrected chi connectivity index (χ4v) is 5.93. The number of carbonyl (C=O) groups is 1. The molecule has 2 heterocycles. The second-order valence-electron chi connectivity index (χ2n) is 10.5. The van der Waals surface area contributed by atoms with E-state index in [-0.39, 0.29) is 29.4 Å². The number of hydrogen-bond acceptors (Lipinski definition) is 3. The largest absolute Gasteiger partial charge is 0.339 e. The number of nitrogens with one attached hydrogen (secondary N) is 2. The summed E-state index contributed by atoms with van der Waals surface area (Å²) in [7, 11) is 0. The van der Waals surface area contributed by atoms with Crippen molar-refractivity contribution < 1.29 is 9.53 Å². The van der Waals surface area contributed by atoms with E-state index in [2.05, 4.69) is 38.3 Å². The van der Waals surface area contributed by atoms with Crippen LogP contribution < -0.4 is 10.6 Å². The van der Waals surface area contributed by atoms with E-state index in [4.69, 9.17) is 4.74 Å². The van der Waals surface area contributed by atoms with Crippen molar-refractivity contribution in [1.29, 1.82) is 0 Å². The fraction of sp³-hybridized carbons (Fsp3) is 0.955. The second kappa shape index (κ2) is 8.59. The van der Waals surface area contributed by atoms with E-state index in [0.29, 0.717) is 0 Å². The van der Waals surface area contributed by atoms with Crippen molar-refractivity contribution in [2.45, 2.75) is 134 Å². The zero-order valence-electron chi connectivity index (χ0n) is 17.9. The minimum Gasteiger partial charge on any atom is -0.339 e. The maximum atomic E-state index is 13.2. The molecule has 1 amide bonds. The van der Waals surface area contributed by atoms with Crippen LogP contribution in [0.5, 0.6) is 0 Å². The first-order valence-electron chi connectivity index (χ1n) is 11.0. The minimum absolute atomic E-state index is 0. The quantitative estimate of drug-likeness (QED) is 0.584. The van der Waals surface area contributed by atoms with Crippen LogP contribution in [0.15, 0.2) is 0 Å². The average molecular weight is 401 g/mol. The first-order chi connectivity index (χ1) is 12.2. The van der Waals surface area contributed by atoms with Crippen molar-refractivity contribution in [3.05, 3.63) is 0 Å². The molecule has 2 N–H and O–H groups in total. The summed E-state index contributed by atoms with van der Waals surface area (Å²) in [6.45, 7) is 8.88. The molecule has 158 valence electrons. The van der Waals surface area contributed by atoms with Gasteiger partial charge in [0.1, 0.15) is 11.3 Å². The number of ether oxygens (including phenoxy) is 1. The summed E-state index contributed by atoms with van der Waals surface area (Å²) < 4.78 is 6.81. The Labute approximate surface area is 172 Å². The van der Waals surface area contributed by atoms with Gasteiger partial charge in [0.25, 0.3) is 5.91 Å². The number of rotatable bonds is 0. The van der Waals surface area contributed by atoms with Crippen LogP contribution in [-0.4, -0.2) is 28.3 Å². The molecule has 0 aromatic heterocycles. The molecule has 2 saturated heterocycles. The fourth-order valence-electron chi connectivity index (χ4n) is 5.93. The third kappa shape index (κ3) is 5.61. The number of amides is 1. The summed E-state index contributed by atoms with van der Waals surface area (Å²) in [6, 6.07) is 0. The molecule has 0 radical (unpaired) electrons. The predicted octanol–water partition coefficient (Wildman–Crippen LogP) is 5.24. The maximum absolute atomic E-state index is 13.2. The normalized spacial score (nSPS) is 30.0. The van der Waals surface area contributed by atoms with Gasteiger partial charge < -0.3 is 15.4 Å². The molecular weight excluding hydrogens is 360 g/mol. The van der Waals surface area contributed by atoms with Gasteiger partial charge in [-0.2, -0.15) is 0 Å². The van der Waals surface area contributed by atoms with E-state index < -0.39 is 11.3 Å². The van der Waals surface area contributed by atoms with E-state index in [9.17, 15) is 4.79 Å². The van der Waals surface area contributed by atoms with Crippen molar-refractivity contribution in [2.75, 3.05) is 0 Å². The molecule has 1 saturated carbocycles. The summed E-state index contributed by atoms with van der Waals surface area (Å²) in [5.74, 6) is 0.156. The molecule has 27 heavy (non-hydrogen) atoms. The van der Waals surface area contributed by atoms with Gasteiger partial charge in [0.05, 0.1) is 0 Å². The van der Waals surface area contributed by atoms with Crippen LogP contribution in [0.2, 0.25) is 0 Å². The van der Waals surface area contributed by atoms with Crippen LogP contribution in [0.1, 0.15) is 111 Å². The van der Waals surface area contributed by atoms with Crippen molar-refractivity contribution in [3.8, 4) is 0 Å². The summed E-state index contributed by atoms with van der Waals surface area (Å²) in [5.41, 5.74) is -1.20. The van der Waals surface area contributed by atoms with Crippen LogP contribution in [0.3, 0.4) is 0 Å². The smallest absolute Gasteiger partial charge is 0.254 e. The Balaban J connectivity index is 0.00000261. The first-order valence-corrected chi connectivity index (χ1v) is 11.0. The average Bonchev–Trinajstić information content (AvgIpc) is 2.70. The second-order valence-corrected chi connectivity index (χ2v) is 10.5. The van der Waals surface area contributed by atoms with Gasteiger partial charge in [-0.1, -0.05) is 57.8 Å².